The molecule has 0 atom stereocenters. The lowest BCUT2D eigenvalue weighted by Crippen LogP contribution is -2.32. The fourth-order valence-electron chi connectivity index (χ4n) is 1.34. The fourth-order valence-corrected chi connectivity index (χ4v) is 2.81. The summed E-state index contributed by atoms with van der Waals surface area (Å²) in [4.78, 5) is 12.6. The number of ether oxygens (including phenoxy) is 1. The Bertz CT molecular complexity index is 452. The van der Waals surface area contributed by atoms with Gasteiger partial charge in [0.15, 0.2) is 0 Å². The average molecular weight is 361 g/mol. The molecule has 0 aliphatic carbocycles. The summed E-state index contributed by atoms with van der Waals surface area (Å²) in [7, 11) is 0. The minimum atomic E-state index is -0.455. The number of carbonyl (C=O) groups is 1. The first-order valence-corrected chi connectivity index (χ1v) is 8.10. The van der Waals surface area contributed by atoms with Gasteiger partial charge in [-0.1, -0.05) is 12.2 Å². The fraction of sp³-hybridized carbons (Fsp3) is 0.500. The molecule has 6 heteroatoms. The third-order valence-electron chi connectivity index (χ3n) is 2.17. The van der Waals surface area contributed by atoms with Crippen LogP contribution < -0.4 is 10.6 Å². The molecule has 1 aromatic heterocycles. The number of nitrogens with one attached hydrogen (secondary N) is 2. The number of rotatable bonds is 6. The minimum absolute atomic E-state index is 0.391. The van der Waals surface area contributed by atoms with Gasteiger partial charge in [0.2, 0.25) is 0 Å². The van der Waals surface area contributed by atoms with Gasteiger partial charge in [-0.15, -0.1) is 11.3 Å². The maximum atomic E-state index is 11.4. The highest BCUT2D eigenvalue weighted by atomic mass is 79.9. The SMILES string of the molecule is CC(C)(C)OC(=O)NC/C=C/CNCc1sccc1Br. The van der Waals surface area contributed by atoms with E-state index in [1.165, 1.54) is 4.88 Å². The molecule has 1 rings (SSSR count). The molecule has 0 unspecified atom stereocenters. The molecular formula is C14H21BrN2O2S. The Morgan fingerprint density at radius 3 is 2.70 bits per heavy atom. The Morgan fingerprint density at radius 2 is 2.10 bits per heavy atom. The van der Waals surface area contributed by atoms with Gasteiger partial charge in [-0.25, -0.2) is 4.79 Å². The van der Waals surface area contributed by atoms with Gasteiger partial charge in [-0.05, 0) is 48.1 Å². The number of hydrogen-bond acceptors (Lipinski definition) is 4. The van der Waals surface area contributed by atoms with E-state index in [1.807, 2.05) is 39.0 Å². The first-order chi connectivity index (χ1) is 9.38. The van der Waals surface area contributed by atoms with Gasteiger partial charge < -0.3 is 15.4 Å². The van der Waals surface area contributed by atoms with Gasteiger partial charge in [0.05, 0.1) is 0 Å². The summed E-state index contributed by atoms with van der Waals surface area (Å²) in [6.45, 7) is 7.60. The van der Waals surface area contributed by atoms with Crippen LogP contribution in [-0.2, 0) is 11.3 Å². The molecule has 0 bridgehead atoms. The smallest absolute Gasteiger partial charge is 0.407 e. The molecule has 0 radical (unpaired) electrons. The normalized spacial score (nSPS) is 11.8. The van der Waals surface area contributed by atoms with Crippen molar-refractivity contribution in [3.8, 4) is 0 Å². The first-order valence-electron chi connectivity index (χ1n) is 6.43. The molecule has 1 heterocycles. The van der Waals surface area contributed by atoms with Crippen molar-refractivity contribution in [1.82, 2.24) is 10.6 Å². The molecule has 0 fully saturated rings. The summed E-state index contributed by atoms with van der Waals surface area (Å²) in [5, 5.41) is 8.03. The van der Waals surface area contributed by atoms with Crippen LogP contribution >= 0.6 is 27.3 Å². The lowest BCUT2D eigenvalue weighted by molar-refractivity contribution is 0.0534. The summed E-state index contributed by atoms with van der Waals surface area (Å²) in [5.41, 5.74) is -0.455. The quantitative estimate of drug-likeness (QED) is 0.600. The molecule has 0 saturated heterocycles. The third-order valence-corrected chi connectivity index (χ3v) is 4.09. The molecule has 0 spiro atoms. The number of amides is 1. The highest BCUT2D eigenvalue weighted by Crippen LogP contribution is 2.21. The van der Waals surface area contributed by atoms with Crippen LogP contribution in [-0.4, -0.2) is 24.8 Å². The van der Waals surface area contributed by atoms with E-state index in [0.717, 1.165) is 17.6 Å². The van der Waals surface area contributed by atoms with E-state index in [4.69, 9.17) is 4.74 Å². The molecule has 20 heavy (non-hydrogen) atoms. The number of hydrogen-bond donors (Lipinski definition) is 2. The van der Waals surface area contributed by atoms with Crippen LogP contribution in [0.4, 0.5) is 4.79 Å². The van der Waals surface area contributed by atoms with Gasteiger partial charge in [-0.3, -0.25) is 0 Å². The Balaban J connectivity index is 2.08. The first kappa shape index (κ1) is 17.2. The van der Waals surface area contributed by atoms with Gasteiger partial charge in [0.25, 0.3) is 0 Å². The second-order valence-electron chi connectivity index (χ2n) is 5.18. The Morgan fingerprint density at radius 1 is 1.40 bits per heavy atom. The van der Waals surface area contributed by atoms with Crippen molar-refractivity contribution in [3.63, 3.8) is 0 Å². The molecule has 1 aromatic rings. The minimum Gasteiger partial charge on any atom is -0.444 e. The maximum absolute atomic E-state index is 11.4. The van der Waals surface area contributed by atoms with Crippen molar-refractivity contribution < 1.29 is 9.53 Å². The zero-order valence-electron chi connectivity index (χ0n) is 12.0. The maximum Gasteiger partial charge on any atom is 0.407 e. The molecule has 0 aromatic carbocycles. The van der Waals surface area contributed by atoms with Gasteiger partial charge >= 0.3 is 6.09 Å². The molecule has 2 N–H and O–H groups in total. The van der Waals surface area contributed by atoms with E-state index in [2.05, 4.69) is 31.9 Å². The molecule has 0 aliphatic heterocycles. The number of alkyl carbamates (subject to hydrolysis) is 1. The molecule has 1 amide bonds. The Hall–Kier alpha value is -0.850. The van der Waals surface area contributed by atoms with Gasteiger partial charge in [0.1, 0.15) is 5.60 Å². The molecular weight excluding hydrogens is 340 g/mol. The number of carbonyl (C=O) groups excluding carboxylic acids is 1. The van der Waals surface area contributed by atoms with Crippen molar-refractivity contribution in [2.45, 2.75) is 32.9 Å². The monoisotopic (exact) mass is 360 g/mol. The van der Waals surface area contributed by atoms with E-state index in [9.17, 15) is 4.79 Å². The van der Waals surface area contributed by atoms with Gasteiger partial charge in [-0.2, -0.15) is 0 Å². The van der Waals surface area contributed by atoms with Crippen LogP contribution in [0.25, 0.3) is 0 Å². The molecule has 4 nitrogen and oxygen atoms in total. The van der Waals surface area contributed by atoms with Crippen molar-refractivity contribution in [2.75, 3.05) is 13.1 Å². The Kier molecular flexibility index (Phi) is 7.26. The second kappa shape index (κ2) is 8.44. The van der Waals surface area contributed by atoms with Crippen LogP contribution in [0.5, 0.6) is 0 Å². The Labute approximate surface area is 132 Å². The van der Waals surface area contributed by atoms with Gasteiger partial charge in [0, 0.05) is 29.0 Å². The summed E-state index contributed by atoms with van der Waals surface area (Å²) in [5.74, 6) is 0. The lowest BCUT2D eigenvalue weighted by Gasteiger charge is -2.19. The van der Waals surface area contributed by atoms with Crippen molar-refractivity contribution in [1.29, 1.82) is 0 Å². The van der Waals surface area contributed by atoms with Crippen LogP contribution in [0.1, 0.15) is 25.6 Å². The van der Waals surface area contributed by atoms with Crippen LogP contribution in [0.3, 0.4) is 0 Å². The third kappa shape index (κ3) is 7.67. The number of thiophene rings is 1. The molecule has 0 aliphatic rings. The highest BCUT2D eigenvalue weighted by molar-refractivity contribution is 9.10. The topological polar surface area (TPSA) is 50.4 Å². The summed E-state index contributed by atoms with van der Waals surface area (Å²) in [6, 6.07) is 2.04. The van der Waals surface area contributed by atoms with E-state index in [-0.39, 0.29) is 0 Å². The average Bonchev–Trinajstić information content (AvgIpc) is 2.71. The standard InChI is InChI=1S/C14H21BrN2O2S/c1-14(2,3)19-13(18)17-8-5-4-7-16-10-12-11(15)6-9-20-12/h4-6,9,16H,7-8,10H2,1-3H3,(H,17,18)/b5-4+. The lowest BCUT2D eigenvalue weighted by atomic mass is 10.2. The predicted molar refractivity (Wildman–Crippen MR) is 87.1 cm³/mol. The molecule has 0 saturated carbocycles. The summed E-state index contributed by atoms with van der Waals surface area (Å²) < 4.78 is 6.27. The van der Waals surface area contributed by atoms with E-state index >= 15 is 0 Å². The second-order valence-corrected chi connectivity index (χ2v) is 7.03. The van der Waals surface area contributed by atoms with Crippen molar-refractivity contribution >= 4 is 33.4 Å². The number of halogens is 1. The zero-order chi connectivity index (χ0) is 15.0. The largest absolute Gasteiger partial charge is 0.444 e. The van der Waals surface area contributed by atoms with Crippen molar-refractivity contribution in [2.24, 2.45) is 0 Å². The van der Waals surface area contributed by atoms with E-state index in [0.29, 0.717) is 6.54 Å². The van der Waals surface area contributed by atoms with E-state index in [1.54, 1.807) is 11.3 Å². The summed E-state index contributed by atoms with van der Waals surface area (Å²) >= 11 is 5.21. The summed E-state index contributed by atoms with van der Waals surface area (Å²) in [6.07, 6.45) is 3.50. The van der Waals surface area contributed by atoms with Crippen LogP contribution in [0.2, 0.25) is 0 Å². The zero-order valence-corrected chi connectivity index (χ0v) is 14.4. The van der Waals surface area contributed by atoms with Crippen LogP contribution in [0.15, 0.2) is 28.1 Å². The van der Waals surface area contributed by atoms with E-state index < -0.39 is 11.7 Å². The van der Waals surface area contributed by atoms with Crippen LogP contribution in [0, 0.1) is 0 Å². The van der Waals surface area contributed by atoms with Crippen molar-refractivity contribution in [3.05, 3.63) is 32.9 Å². The highest BCUT2D eigenvalue weighted by Gasteiger charge is 2.14. The molecule has 112 valence electrons. The predicted octanol–water partition coefficient (Wildman–Crippen LogP) is 3.68.